The zero-order valence-corrected chi connectivity index (χ0v) is 30.9. The van der Waals surface area contributed by atoms with E-state index in [1.807, 2.05) is 6.92 Å². The summed E-state index contributed by atoms with van der Waals surface area (Å²) in [7, 11) is 6.19. The molecule has 2 N–H and O–H groups in total. The molecule has 0 aliphatic carbocycles. The second-order valence-corrected chi connectivity index (χ2v) is 13.6. The van der Waals surface area contributed by atoms with Crippen LogP contribution in [0.15, 0.2) is 42.0 Å². The van der Waals surface area contributed by atoms with Crippen LogP contribution >= 0.6 is 20.6 Å². The van der Waals surface area contributed by atoms with Crippen molar-refractivity contribution in [2.24, 2.45) is 17.8 Å². The number of benzene rings is 2. The lowest BCUT2D eigenvalue weighted by atomic mass is 9.86. The molecule has 1 heterocycles. The quantitative estimate of drug-likeness (QED) is 0.122. The summed E-state index contributed by atoms with van der Waals surface area (Å²) >= 11 is 1.36. The summed E-state index contributed by atoms with van der Waals surface area (Å²) in [6, 6.07) is 8.06. The van der Waals surface area contributed by atoms with Crippen molar-refractivity contribution in [3.05, 3.63) is 58.1 Å². The fourth-order valence-corrected chi connectivity index (χ4v) is 6.40. The first-order valence-corrected chi connectivity index (χ1v) is 17.1. The van der Waals surface area contributed by atoms with Crippen LogP contribution in [0.3, 0.4) is 0 Å². The van der Waals surface area contributed by atoms with E-state index in [0.717, 1.165) is 23.5 Å². The topological polar surface area (TPSA) is 98.8 Å². The monoisotopic (exact) mass is 693 g/mol. The maximum Gasteiger partial charge on any atom is 0.280 e. The number of fused-ring (bicyclic) bond motifs is 1. The third-order valence-corrected chi connectivity index (χ3v) is 9.46. The third kappa shape index (κ3) is 11.8. The second kappa shape index (κ2) is 19.0. The molecule has 0 radical (unpaired) electrons. The lowest BCUT2D eigenvalue weighted by Crippen LogP contribution is -2.27. The zero-order chi connectivity index (χ0) is 35.3. The minimum Gasteiger partial charge on any atom is -0.497 e. The number of carbonyl (C=O) groups is 2. The highest BCUT2D eigenvalue weighted by atomic mass is 32.1. The molecule has 0 aliphatic heterocycles. The van der Waals surface area contributed by atoms with Gasteiger partial charge in [0.15, 0.2) is 0 Å². The fraction of sp³-hybridized carbons (Fsp3) is 0.514. The van der Waals surface area contributed by atoms with Gasteiger partial charge in [-0.05, 0) is 80.3 Å². The predicted octanol–water partition coefficient (Wildman–Crippen LogP) is 8.75. The van der Waals surface area contributed by atoms with E-state index >= 15 is 0 Å². The second-order valence-electron chi connectivity index (χ2n) is 11.7. The Hall–Kier alpha value is -3.14. The number of aryl methyl sites for hydroxylation is 1. The molecule has 0 saturated heterocycles. The van der Waals surface area contributed by atoms with Gasteiger partial charge in [0.25, 0.3) is 17.5 Å². The summed E-state index contributed by atoms with van der Waals surface area (Å²) in [5.74, 6) is 2.14. The Labute approximate surface area is 284 Å². The van der Waals surface area contributed by atoms with Gasteiger partial charge in [0.2, 0.25) is 0 Å². The van der Waals surface area contributed by atoms with Crippen LogP contribution in [0.5, 0.6) is 11.5 Å². The van der Waals surface area contributed by atoms with E-state index in [4.69, 9.17) is 14.2 Å². The molecule has 4 atom stereocenters. The highest BCUT2D eigenvalue weighted by Crippen LogP contribution is 2.34. The first-order valence-electron chi connectivity index (χ1n) is 15.7. The van der Waals surface area contributed by atoms with Gasteiger partial charge in [0, 0.05) is 20.3 Å². The molecule has 0 bridgehead atoms. The molecule has 47 heavy (non-hydrogen) atoms. The zero-order valence-electron chi connectivity index (χ0n) is 29.0. The van der Waals surface area contributed by atoms with E-state index in [-0.39, 0.29) is 29.8 Å². The van der Waals surface area contributed by atoms with Gasteiger partial charge in [-0.25, -0.2) is 4.98 Å². The number of hydrogen-bond donors (Lipinski definition) is 2. The Bertz CT molecular complexity index is 1510. The molecule has 0 fully saturated rings. The number of rotatable bonds is 15. The SMILES string of the molecule is C/C=C(\CCNC(=O)c1cc(OC)ccc1NC(=O)c1c(OC)ccc2nc(C)sc12)C(F)(F)P.CCC(C)C(C)CC(C)COC. The van der Waals surface area contributed by atoms with Gasteiger partial charge >= 0.3 is 0 Å². The van der Waals surface area contributed by atoms with Crippen LogP contribution in [0.1, 0.15) is 79.6 Å². The van der Waals surface area contributed by atoms with Crippen molar-refractivity contribution < 1.29 is 32.6 Å². The standard InChI is InChI=1S/C24H26F2N3O4PS.C11H24O/c1-5-14(24(25,26)34)10-11-27-22(30)16-12-15(32-3)6-7-17(16)29-23(31)20-19(33-4)9-8-18-21(20)35-13(2)28-18;1-6-10(3)11(4)7-9(2)8-12-5/h5-9,12H,10-11,34H2,1-4H3,(H,27,30)(H,29,31);9-11H,6-8H2,1-5H3/b14-5+;. The summed E-state index contributed by atoms with van der Waals surface area (Å²) in [5.41, 5.74) is -1.83. The maximum atomic E-state index is 13.6. The Balaban J connectivity index is 0.000000544. The number of hydrogen-bond acceptors (Lipinski definition) is 7. The number of nitrogens with one attached hydrogen (secondary N) is 2. The lowest BCUT2D eigenvalue weighted by Gasteiger charge is -2.21. The summed E-state index contributed by atoms with van der Waals surface area (Å²) in [6.07, 6.45) is 3.88. The maximum absolute atomic E-state index is 13.6. The van der Waals surface area contributed by atoms with Gasteiger partial charge in [-0.2, -0.15) is 8.78 Å². The number of thiazole rings is 1. The molecule has 0 spiro atoms. The van der Waals surface area contributed by atoms with Gasteiger partial charge in [-0.1, -0.05) is 49.4 Å². The van der Waals surface area contributed by atoms with E-state index in [1.54, 1.807) is 31.4 Å². The molecule has 4 unspecified atom stereocenters. The number of alkyl halides is 2. The number of halogens is 2. The molecule has 8 nitrogen and oxygen atoms in total. The predicted molar refractivity (Wildman–Crippen MR) is 191 cm³/mol. The highest BCUT2D eigenvalue weighted by molar-refractivity contribution is 7.19. The first kappa shape index (κ1) is 40.0. The van der Waals surface area contributed by atoms with Crippen molar-refractivity contribution in [1.82, 2.24) is 10.3 Å². The number of allylic oxidation sites excluding steroid dienone is 1. The van der Waals surface area contributed by atoms with E-state index < -0.39 is 17.5 Å². The van der Waals surface area contributed by atoms with Crippen molar-refractivity contribution in [1.29, 1.82) is 0 Å². The normalized spacial score (nSPS) is 13.7. The van der Waals surface area contributed by atoms with Gasteiger partial charge in [0.05, 0.1) is 40.7 Å². The van der Waals surface area contributed by atoms with E-state index in [0.29, 0.717) is 33.2 Å². The van der Waals surface area contributed by atoms with Crippen LogP contribution < -0.4 is 20.1 Å². The van der Waals surface area contributed by atoms with Gasteiger partial charge in [-0.15, -0.1) is 11.3 Å². The smallest absolute Gasteiger partial charge is 0.280 e. The summed E-state index contributed by atoms with van der Waals surface area (Å²) in [5, 5.41) is 6.21. The van der Waals surface area contributed by atoms with Gasteiger partial charge in [0.1, 0.15) is 17.1 Å². The van der Waals surface area contributed by atoms with Crippen molar-refractivity contribution >= 4 is 48.3 Å². The Morgan fingerprint density at radius 2 is 1.77 bits per heavy atom. The summed E-state index contributed by atoms with van der Waals surface area (Å²) in [4.78, 5) is 30.7. The number of anilines is 1. The van der Waals surface area contributed by atoms with Crippen molar-refractivity contribution in [3.63, 3.8) is 0 Å². The molecule has 0 aliphatic rings. The molecule has 1 aromatic heterocycles. The van der Waals surface area contributed by atoms with Gasteiger partial charge in [-0.3, -0.25) is 9.59 Å². The molecule has 2 aromatic carbocycles. The number of ether oxygens (including phenoxy) is 3. The van der Waals surface area contributed by atoms with E-state index in [2.05, 4.69) is 43.3 Å². The average Bonchev–Trinajstić information content (AvgIpc) is 3.41. The van der Waals surface area contributed by atoms with Crippen LogP contribution in [0.4, 0.5) is 14.5 Å². The van der Waals surface area contributed by atoms with Crippen LogP contribution in [0.2, 0.25) is 0 Å². The largest absolute Gasteiger partial charge is 0.497 e. The molecular formula is C35H50F2N3O5PS. The van der Waals surface area contributed by atoms with Crippen molar-refractivity contribution in [2.75, 3.05) is 39.8 Å². The van der Waals surface area contributed by atoms with Crippen molar-refractivity contribution in [2.45, 2.75) is 66.5 Å². The molecule has 3 aromatic rings. The highest BCUT2D eigenvalue weighted by Gasteiger charge is 2.27. The van der Waals surface area contributed by atoms with Crippen LogP contribution in [0, 0.1) is 24.7 Å². The Morgan fingerprint density at radius 3 is 2.34 bits per heavy atom. The van der Waals surface area contributed by atoms with E-state index in [9.17, 15) is 18.4 Å². The summed E-state index contributed by atoms with van der Waals surface area (Å²) < 4.78 is 43.6. The summed E-state index contributed by atoms with van der Waals surface area (Å²) in [6.45, 7) is 13.5. The third-order valence-electron chi connectivity index (χ3n) is 8.09. The molecule has 0 saturated carbocycles. The number of methoxy groups -OCH3 is 3. The molecule has 260 valence electrons. The minimum absolute atomic E-state index is 0.0135. The number of aromatic nitrogens is 1. The number of amides is 2. The molecule has 2 amide bonds. The molecule has 12 heteroatoms. The Kier molecular flexibility index (Phi) is 16.2. The van der Waals surface area contributed by atoms with E-state index in [1.165, 1.54) is 66.7 Å². The average molecular weight is 694 g/mol. The minimum atomic E-state index is -3.05. The lowest BCUT2D eigenvalue weighted by molar-refractivity contribution is 0.0950. The first-order chi connectivity index (χ1) is 22.2. The number of carbonyl (C=O) groups excluding carboxylic acids is 2. The van der Waals surface area contributed by atoms with Crippen LogP contribution in [-0.4, -0.2) is 56.9 Å². The van der Waals surface area contributed by atoms with Crippen LogP contribution in [0.25, 0.3) is 10.2 Å². The molecular weight excluding hydrogens is 643 g/mol. The molecule has 3 rings (SSSR count). The van der Waals surface area contributed by atoms with Crippen LogP contribution in [-0.2, 0) is 4.74 Å². The van der Waals surface area contributed by atoms with Gasteiger partial charge < -0.3 is 24.8 Å². The number of nitrogens with zero attached hydrogens (tertiary/aromatic N) is 1. The van der Waals surface area contributed by atoms with Crippen molar-refractivity contribution in [3.8, 4) is 11.5 Å². The fourth-order valence-electron chi connectivity index (χ4n) is 5.13. The Morgan fingerprint density at radius 1 is 1.06 bits per heavy atom.